The van der Waals surface area contributed by atoms with Gasteiger partial charge in [0.05, 0.1) is 4.92 Å². The molecule has 1 aromatic carbocycles. The van der Waals surface area contributed by atoms with Crippen molar-refractivity contribution in [2.45, 2.75) is 20.3 Å². The average Bonchev–Trinajstić information content (AvgIpc) is 2.16. The molecule has 14 heavy (non-hydrogen) atoms. The summed E-state index contributed by atoms with van der Waals surface area (Å²) in [6.07, 6.45) is 0.701. The molecule has 0 spiro atoms. The third-order valence-corrected chi connectivity index (χ3v) is 2.06. The second-order valence-corrected chi connectivity index (χ2v) is 3.01. The van der Waals surface area contributed by atoms with Gasteiger partial charge in [0, 0.05) is 17.7 Å². The van der Waals surface area contributed by atoms with E-state index in [9.17, 15) is 14.9 Å². The van der Waals surface area contributed by atoms with Gasteiger partial charge in [-0.3, -0.25) is 14.9 Å². The molecular formula is C10H11NO3. The van der Waals surface area contributed by atoms with Gasteiger partial charge >= 0.3 is 0 Å². The van der Waals surface area contributed by atoms with Crippen LogP contribution in [-0.4, -0.2) is 10.7 Å². The summed E-state index contributed by atoms with van der Waals surface area (Å²) < 4.78 is 0. The van der Waals surface area contributed by atoms with E-state index in [2.05, 4.69) is 0 Å². The van der Waals surface area contributed by atoms with Crippen molar-refractivity contribution in [1.82, 2.24) is 0 Å². The zero-order valence-electron chi connectivity index (χ0n) is 8.11. The van der Waals surface area contributed by atoms with Crippen LogP contribution < -0.4 is 0 Å². The maximum absolute atomic E-state index is 11.2. The van der Waals surface area contributed by atoms with Crippen molar-refractivity contribution in [3.05, 3.63) is 39.4 Å². The van der Waals surface area contributed by atoms with Gasteiger partial charge < -0.3 is 0 Å². The molecule has 0 N–H and O–H groups in total. The second-order valence-electron chi connectivity index (χ2n) is 3.01. The molecule has 0 atom stereocenters. The number of hydrogen-bond donors (Lipinski definition) is 0. The first-order valence-corrected chi connectivity index (χ1v) is 4.34. The minimum absolute atomic E-state index is 0.0348. The molecule has 0 aliphatic carbocycles. The number of nitrogens with zero attached hydrogens (tertiary/aromatic N) is 1. The van der Waals surface area contributed by atoms with Gasteiger partial charge in [0.1, 0.15) is 0 Å². The fourth-order valence-corrected chi connectivity index (χ4v) is 1.31. The van der Waals surface area contributed by atoms with Gasteiger partial charge in [-0.2, -0.15) is 0 Å². The Balaban J connectivity index is 3.27. The van der Waals surface area contributed by atoms with E-state index in [-0.39, 0.29) is 11.5 Å². The highest BCUT2D eigenvalue weighted by molar-refractivity contribution is 5.96. The van der Waals surface area contributed by atoms with Crippen LogP contribution in [0.4, 0.5) is 5.69 Å². The van der Waals surface area contributed by atoms with E-state index in [1.54, 1.807) is 6.07 Å². The largest absolute Gasteiger partial charge is 0.294 e. The molecule has 0 amide bonds. The Morgan fingerprint density at radius 1 is 1.50 bits per heavy atom. The monoisotopic (exact) mass is 193 g/mol. The number of benzene rings is 1. The van der Waals surface area contributed by atoms with Crippen LogP contribution in [0.5, 0.6) is 0 Å². The zero-order valence-corrected chi connectivity index (χ0v) is 8.11. The maximum atomic E-state index is 11.2. The lowest BCUT2D eigenvalue weighted by atomic mass is 10.0. The number of nitro benzene ring substituents is 1. The van der Waals surface area contributed by atoms with Crippen LogP contribution in [0.2, 0.25) is 0 Å². The molecule has 4 nitrogen and oxygen atoms in total. The minimum Gasteiger partial charge on any atom is -0.294 e. The van der Waals surface area contributed by atoms with Crippen LogP contribution in [-0.2, 0) is 6.42 Å². The molecular weight excluding hydrogens is 182 g/mol. The molecule has 0 radical (unpaired) electrons. The van der Waals surface area contributed by atoms with Crippen molar-refractivity contribution in [2.75, 3.05) is 0 Å². The maximum Gasteiger partial charge on any atom is 0.270 e. The highest BCUT2D eigenvalue weighted by Gasteiger charge is 2.12. The Labute approximate surface area is 81.7 Å². The predicted molar refractivity (Wildman–Crippen MR) is 52.5 cm³/mol. The van der Waals surface area contributed by atoms with Crippen molar-refractivity contribution < 1.29 is 9.72 Å². The molecule has 0 saturated heterocycles. The summed E-state index contributed by atoms with van der Waals surface area (Å²) in [5.41, 5.74) is 1.26. The summed E-state index contributed by atoms with van der Waals surface area (Å²) in [7, 11) is 0. The highest BCUT2D eigenvalue weighted by atomic mass is 16.6. The van der Waals surface area contributed by atoms with Crippen molar-refractivity contribution in [3.8, 4) is 0 Å². The molecule has 0 heterocycles. The fourth-order valence-electron chi connectivity index (χ4n) is 1.31. The van der Waals surface area contributed by atoms with E-state index in [0.29, 0.717) is 12.0 Å². The molecule has 74 valence electrons. The molecule has 0 bridgehead atoms. The van der Waals surface area contributed by atoms with Crippen molar-refractivity contribution in [3.63, 3.8) is 0 Å². The van der Waals surface area contributed by atoms with Crippen LogP contribution in [0.1, 0.15) is 29.8 Å². The van der Waals surface area contributed by atoms with E-state index in [0.717, 1.165) is 5.56 Å². The lowest BCUT2D eigenvalue weighted by molar-refractivity contribution is -0.384. The van der Waals surface area contributed by atoms with Crippen molar-refractivity contribution in [1.29, 1.82) is 0 Å². The number of rotatable bonds is 3. The summed E-state index contributed by atoms with van der Waals surface area (Å²) in [6.45, 7) is 3.33. The zero-order chi connectivity index (χ0) is 10.7. The number of nitro groups is 1. The van der Waals surface area contributed by atoms with E-state index in [1.165, 1.54) is 19.1 Å². The van der Waals surface area contributed by atoms with Gasteiger partial charge in [-0.15, -0.1) is 0 Å². The first-order valence-electron chi connectivity index (χ1n) is 4.34. The predicted octanol–water partition coefficient (Wildman–Crippen LogP) is 2.36. The summed E-state index contributed by atoms with van der Waals surface area (Å²) >= 11 is 0. The third kappa shape index (κ3) is 1.96. The normalized spacial score (nSPS) is 9.86. The first kappa shape index (κ1) is 10.4. The minimum atomic E-state index is -0.494. The van der Waals surface area contributed by atoms with Crippen LogP contribution >= 0.6 is 0 Å². The number of Topliss-reactive ketones (excluding diaryl/α,β-unsaturated/α-hetero) is 1. The summed E-state index contributed by atoms with van der Waals surface area (Å²) in [6, 6.07) is 4.39. The van der Waals surface area contributed by atoms with Crippen molar-refractivity contribution >= 4 is 11.5 Å². The van der Waals surface area contributed by atoms with Gasteiger partial charge in [0.15, 0.2) is 5.78 Å². The van der Waals surface area contributed by atoms with E-state index in [1.807, 2.05) is 6.92 Å². The topological polar surface area (TPSA) is 60.2 Å². The molecule has 4 heteroatoms. The summed E-state index contributed by atoms with van der Waals surface area (Å²) in [5, 5.41) is 10.5. The van der Waals surface area contributed by atoms with Gasteiger partial charge in [-0.25, -0.2) is 0 Å². The Bertz CT molecular complexity index is 385. The van der Waals surface area contributed by atoms with Gasteiger partial charge in [-0.1, -0.05) is 13.0 Å². The Hall–Kier alpha value is -1.71. The molecule has 1 aromatic rings. The van der Waals surface area contributed by atoms with Crippen LogP contribution in [0.15, 0.2) is 18.2 Å². The highest BCUT2D eigenvalue weighted by Crippen LogP contribution is 2.18. The third-order valence-electron chi connectivity index (χ3n) is 2.06. The van der Waals surface area contributed by atoms with E-state index < -0.39 is 4.92 Å². The number of hydrogen-bond acceptors (Lipinski definition) is 3. The Morgan fingerprint density at radius 2 is 2.14 bits per heavy atom. The standard InChI is InChI=1S/C10H11NO3/c1-3-8-4-5-9(11(13)14)6-10(8)7(2)12/h4-6H,3H2,1-2H3. The van der Waals surface area contributed by atoms with Gasteiger partial charge in [-0.05, 0) is 18.9 Å². The first-order chi connectivity index (χ1) is 6.56. The molecule has 0 saturated carbocycles. The van der Waals surface area contributed by atoms with Crippen LogP contribution in [0.3, 0.4) is 0 Å². The lowest BCUT2D eigenvalue weighted by Crippen LogP contribution is -2.00. The molecule has 1 rings (SSSR count). The van der Waals surface area contributed by atoms with E-state index >= 15 is 0 Å². The molecule has 0 fully saturated rings. The molecule has 0 aliphatic heterocycles. The number of non-ortho nitro benzene ring substituents is 1. The fraction of sp³-hybridized carbons (Fsp3) is 0.300. The van der Waals surface area contributed by atoms with Gasteiger partial charge in [0.2, 0.25) is 0 Å². The number of carbonyl (C=O) groups is 1. The molecule has 0 aromatic heterocycles. The Kier molecular flexibility index (Phi) is 2.96. The van der Waals surface area contributed by atoms with Crippen molar-refractivity contribution in [2.24, 2.45) is 0 Å². The molecule has 0 unspecified atom stereocenters. The summed E-state index contributed by atoms with van der Waals surface area (Å²) in [5.74, 6) is -0.134. The van der Waals surface area contributed by atoms with Crippen LogP contribution in [0.25, 0.3) is 0 Å². The summed E-state index contributed by atoms with van der Waals surface area (Å²) in [4.78, 5) is 21.2. The van der Waals surface area contributed by atoms with Gasteiger partial charge in [0.25, 0.3) is 5.69 Å². The quantitative estimate of drug-likeness (QED) is 0.420. The lowest BCUT2D eigenvalue weighted by Gasteiger charge is -2.03. The SMILES string of the molecule is CCc1ccc([N+](=O)[O-])cc1C(C)=O. The number of aryl methyl sites for hydroxylation is 1. The number of carbonyl (C=O) groups excluding carboxylic acids is 1. The number of ketones is 1. The molecule has 0 aliphatic rings. The second kappa shape index (κ2) is 4.00. The smallest absolute Gasteiger partial charge is 0.270 e. The van der Waals surface area contributed by atoms with Crippen LogP contribution in [0, 0.1) is 10.1 Å². The Morgan fingerprint density at radius 3 is 2.57 bits per heavy atom. The van der Waals surface area contributed by atoms with E-state index in [4.69, 9.17) is 0 Å². The average molecular weight is 193 g/mol.